The quantitative estimate of drug-likeness (QED) is 0.926. The molecule has 6 nitrogen and oxygen atoms in total. The van der Waals surface area contributed by atoms with Crippen molar-refractivity contribution < 1.29 is 14.1 Å². The average Bonchev–Trinajstić information content (AvgIpc) is 3.26. The van der Waals surface area contributed by atoms with Crippen molar-refractivity contribution in [2.24, 2.45) is 0 Å². The lowest BCUT2D eigenvalue weighted by molar-refractivity contribution is 0.0930. The highest BCUT2D eigenvalue weighted by Crippen LogP contribution is 2.39. The number of nitrogens with one attached hydrogen (secondary N) is 1. The molecular weight excluding hydrogens is 318 g/mol. The van der Waals surface area contributed by atoms with Gasteiger partial charge in [-0.05, 0) is 45.0 Å². The molecule has 1 aromatic carbocycles. The number of carbonyl (C=O) groups is 1. The van der Waals surface area contributed by atoms with Crippen molar-refractivity contribution in [1.82, 2.24) is 15.4 Å². The van der Waals surface area contributed by atoms with Crippen molar-refractivity contribution in [2.45, 2.75) is 39.3 Å². The Kier molecular flexibility index (Phi) is 4.21. The molecule has 6 heteroatoms. The molecule has 2 aromatic rings. The van der Waals surface area contributed by atoms with Gasteiger partial charge in [-0.3, -0.25) is 9.69 Å². The van der Waals surface area contributed by atoms with Crippen LogP contribution in [0.2, 0.25) is 0 Å². The van der Waals surface area contributed by atoms with Crippen LogP contribution >= 0.6 is 0 Å². The molecule has 1 unspecified atom stereocenters. The molecule has 1 aromatic heterocycles. The molecule has 25 heavy (non-hydrogen) atoms. The zero-order chi connectivity index (χ0) is 17.4. The van der Waals surface area contributed by atoms with Crippen molar-refractivity contribution in [3.8, 4) is 17.1 Å². The fourth-order valence-electron chi connectivity index (χ4n) is 3.77. The van der Waals surface area contributed by atoms with E-state index in [1.807, 2.05) is 25.1 Å². The fourth-order valence-corrected chi connectivity index (χ4v) is 3.77. The van der Waals surface area contributed by atoms with Gasteiger partial charge in [-0.25, -0.2) is 0 Å². The van der Waals surface area contributed by atoms with Gasteiger partial charge in [0, 0.05) is 12.6 Å². The molecule has 1 saturated heterocycles. The normalized spacial score (nSPS) is 19.2. The minimum atomic E-state index is -0.187. The highest BCUT2D eigenvalue weighted by Gasteiger charge is 2.30. The lowest BCUT2D eigenvalue weighted by atomic mass is 10.0. The third-order valence-electron chi connectivity index (χ3n) is 5.16. The molecule has 132 valence electrons. The van der Waals surface area contributed by atoms with Gasteiger partial charge in [-0.15, -0.1) is 0 Å². The number of hydrogen-bond donors (Lipinski definition) is 1. The zero-order valence-electron chi connectivity index (χ0n) is 14.7. The van der Waals surface area contributed by atoms with E-state index in [4.69, 9.17) is 9.26 Å². The zero-order valence-corrected chi connectivity index (χ0v) is 14.7. The second kappa shape index (κ2) is 6.52. The maximum absolute atomic E-state index is 12.6. The second-order valence-electron chi connectivity index (χ2n) is 6.76. The van der Waals surface area contributed by atoms with Crippen LogP contribution in [0.25, 0.3) is 11.3 Å². The molecule has 0 spiro atoms. The number of ether oxygens (including phenoxy) is 1. The summed E-state index contributed by atoms with van der Waals surface area (Å²) in [5.74, 6) is 1.23. The first kappa shape index (κ1) is 16.1. The molecule has 2 aliphatic heterocycles. The van der Waals surface area contributed by atoms with Gasteiger partial charge in [-0.1, -0.05) is 23.7 Å². The summed E-state index contributed by atoms with van der Waals surface area (Å²) < 4.78 is 11.3. The Morgan fingerprint density at radius 3 is 3.16 bits per heavy atom. The lowest BCUT2D eigenvalue weighted by Gasteiger charge is -2.22. The third-order valence-corrected chi connectivity index (χ3v) is 5.16. The van der Waals surface area contributed by atoms with E-state index in [1.54, 1.807) is 0 Å². The topological polar surface area (TPSA) is 67.6 Å². The van der Waals surface area contributed by atoms with Crippen molar-refractivity contribution in [3.05, 3.63) is 35.0 Å². The van der Waals surface area contributed by atoms with E-state index >= 15 is 0 Å². The minimum absolute atomic E-state index is 0.187. The van der Waals surface area contributed by atoms with Crippen molar-refractivity contribution >= 4 is 5.91 Å². The van der Waals surface area contributed by atoms with E-state index in [-0.39, 0.29) is 5.91 Å². The van der Waals surface area contributed by atoms with Crippen LogP contribution in [0.5, 0.6) is 5.75 Å². The number of carbonyl (C=O) groups excluding carboxylic acids is 1. The SMILES string of the molecule is CCN1CCCC1CNC(=O)c1noc2c1COc1ccc(C)cc1-2. The predicted octanol–water partition coefficient (Wildman–Crippen LogP) is 2.76. The summed E-state index contributed by atoms with van der Waals surface area (Å²) in [7, 11) is 0. The summed E-state index contributed by atoms with van der Waals surface area (Å²) >= 11 is 0. The number of likely N-dealkylation sites (N-methyl/N-ethyl adjacent to an activating group) is 1. The number of nitrogens with zero attached hydrogens (tertiary/aromatic N) is 2. The fraction of sp³-hybridized carbons (Fsp3) is 0.474. The summed E-state index contributed by atoms with van der Waals surface area (Å²) in [6.07, 6.45) is 2.32. The van der Waals surface area contributed by atoms with Gasteiger partial charge in [0.15, 0.2) is 11.5 Å². The molecule has 0 radical (unpaired) electrons. The smallest absolute Gasteiger partial charge is 0.273 e. The van der Waals surface area contributed by atoms with Gasteiger partial charge in [0.05, 0.1) is 11.1 Å². The summed E-state index contributed by atoms with van der Waals surface area (Å²) in [5.41, 5.74) is 3.04. The Morgan fingerprint density at radius 2 is 2.32 bits per heavy atom. The highest BCUT2D eigenvalue weighted by atomic mass is 16.5. The van der Waals surface area contributed by atoms with Gasteiger partial charge in [0.2, 0.25) is 0 Å². The van der Waals surface area contributed by atoms with Crippen LogP contribution in [0.15, 0.2) is 22.7 Å². The van der Waals surface area contributed by atoms with Crippen LogP contribution in [0.4, 0.5) is 0 Å². The van der Waals surface area contributed by atoms with Gasteiger partial charge in [0.25, 0.3) is 5.91 Å². The molecule has 4 rings (SSSR count). The number of rotatable bonds is 4. The van der Waals surface area contributed by atoms with Crippen molar-refractivity contribution in [1.29, 1.82) is 0 Å². The number of fused-ring (bicyclic) bond motifs is 3. The number of benzene rings is 1. The van der Waals surface area contributed by atoms with E-state index in [2.05, 4.69) is 22.3 Å². The van der Waals surface area contributed by atoms with Gasteiger partial charge < -0.3 is 14.6 Å². The van der Waals surface area contributed by atoms with Crippen LogP contribution in [-0.2, 0) is 6.61 Å². The number of hydrogen-bond acceptors (Lipinski definition) is 5. The molecule has 1 N–H and O–H groups in total. The molecule has 1 amide bonds. The van der Waals surface area contributed by atoms with Crippen LogP contribution < -0.4 is 10.1 Å². The molecule has 0 saturated carbocycles. The van der Waals surface area contributed by atoms with Gasteiger partial charge in [-0.2, -0.15) is 0 Å². The summed E-state index contributed by atoms with van der Waals surface area (Å²) in [6.45, 7) is 7.25. The van der Waals surface area contributed by atoms with Gasteiger partial charge in [0.1, 0.15) is 12.4 Å². The van der Waals surface area contributed by atoms with Crippen molar-refractivity contribution in [2.75, 3.05) is 19.6 Å². The maximum Gasteiger partial charge on any atom is 0.273 e. The van der Waals surface area contributed by atoms with E-state index in [9.17, 15) is 4.79 Å². The minimum Gasteiger partial charge on any atom is -0.488 e. The first-order valence-electron chi connectivity index (χ1n) is 8.92. The Morgan fingerprint density at radius 1 is 1.44 bits per heavy atom. The van der Waals surface area contributed by atoms with Gasteiger partial charge >= 0.3 is 0 Å². The highest BCUT2D eigenvalue weighted by molar-refractivity contribution is 5.95. The predicted molar refractivity (Wildman–Crippen MR) is 93.6 cm³/mol. The Bertz CT molecular complexity index is 799. The largest absolute Gasteiger partial charge is 0.488 e. The first-order valence-corrected chi connectivity index (χ1v) is 8.92. The molecular formula is C19H23N3O3. The molecule has 0 aliphatic carbocycles. The van der Waals surface area contributed by atoms with Crippen LogP contribution in [0.3, 0.4) is 0 Å². The number of aromatic nitrogens is 1. The third kappa shape index (κ3) is 2.91. The van der Waals surface area contributed by atoms with Crippen LogP contribution in [0.1, 0.15) is 41.4 Å². The van der Waals surface area contributed by atoms with E-state index < -0.39 is 0 Å². The number of aryl methyl sites for hydroxylation is 1. The van der Waals surface area contributed by atoms with Crippen molar-refractivity contribution in [3.63, 3.8) is 0 Å². The van der Waals surface area contributed by atoms with E-state index in [0.717, 1.165) is 42.0 Å². The van der Waals surface area contributed by atoms with E-state index in [1.165, 1.54) is 6.42 Å². The molecule has 0 bridgehead atoms. The average molecular weight is 341 g/mol. The molecule has 1 fully saturated rings. The standard InChI is InChI=1S/C19H23N3O3/c1-3-22-8-4-5-13(22)10-20-19(23)17-15-11-24-16-7-6-12(2)9-14(16)18(15)25-21-17/h6-7,9,13H,3-5,8,10-11H2,1-2H3,(H,20,23). The Hall–Kier alpha value is -2.34. The summed E-state index contributed by atoms with van der Waals surface area (Å²) in [6, 6.07) is 6.33. The Labute approximate surface area is 147 Å². The lowest BCUT2D eigenvalue weighted by Crippen LogP contribution is -2.40. The summed E-state index contributed by atoms with van der Waals surface area (Å²) in [4.78, 5) is 15.0. The van der Waals surface area contributed by atoms with Crippen LogP contribution in [0, 0.1) is 6.92 Å². The number of amides is 1. The monoisotopic (exact) mass is 341 g/mol. The Balaban J connectivity index is 1.52. The molecule has 3 heterocycles. The molecule has 1 atom stereocenters. The summed E-state index contributed by atoms with van der Waals surface area (Å²) in [5, 5.41) is 7.05. The van der Waals surface area contributed by atoms with Crippen LogP contribution in [-0.4, -0.2) is 41.6 Å². The molecule has 2 aliphatic rings. The second-order valence-corrected chi connectivity index (χ2v) is 6.76. The first-order chi connectivity index (χ1) is 12.2. The van der Waals surface area contributed by atoms with E-state index in [0.29, 0.717) is 30.6 Å². The maximum atomic E-state index is 12.6. The number of likely N-dealkylation sites (tertiary alicyclic amines) is 1.